The van der Waals surface area contributed by atoms with Gasteiger partial charge < -0.3 is 20.7 Å². The van der Waals surface area contributed by atoms with Gasteiger partial charge in [0.1, 0.15) is 23.7 Å². The summed E-state index contributed by atoms with van der Waals surface area (Å²) >= 11 is 0. The molecule has 8 heteroatoms. The first-order valence-corrected chi connectivity index (χ1v) is 11.1. The first-order chi connectivity index (χ1) is 14.1. The number of unbranched alkanes of at least 4 members (excludes halogenated alkanes) is 1. The first kappa shape index (κ1) is 25.7. The van der Waals surface area contributed by atoms with Crippen LogP contribution in [0.2, 0.25) is 0 Å². The summed E-state index contributed by atoms with van der Waals surface area (Å²) in [5, 5.41) is 17.1. The summed E-state index contributed by atoms with van der Waals surface area (Å²) in [6.45, 7) is 8.87. The fourth-order valence-corrected chi connectivity index (χ4v) is 3.56. The first-order valence-electron chi connectivity index (χ1n) is 11.1. The smallest absolute Gasteiger partial charge is 0.408 e. The van der Waals surface area contributed by atoms with Gasteiger partial charge in [-0.05, 0) is 46.5 Å². The third kappa shape index (κ3) is 9.95. The van der Waals surface area contributed by atoms with Gasteiger partial charge in [-0.3, -0.25) is 9.59 Å². The van der Waals surface area contributed by atoms with Crippen LogP contribution in [0.3, 0.4) is 0 Å². The van der Waals surface area contributed by atoms with Crippen molar-refractivity contribution in [3.05, 3.63) is 0 Å². The molecule has 0 spiro atoms. The minimum Gasteiger partial charge on any atom is -0.444 e. The highest BCUT2D eigenvalue weighted by Crippen LogP contribution is 2.28. The van der Waals surface area contributed by atoms with Crippen molar-refractivity contribution in [3.63, 3.8) is 0 Å². The van der Waals surface area contributed by atoms with Gasteiger partial charge in [-0.15, -0.1) is 0 Å². The number of nitriles is 1. The molecule has 1 aliphatic rings. The highest BCUT2D eigenvalue weighted by Gasteiger charge is 2.31. The van der Waals surface area contributed by atoms with Crippen molar-refractivity contribution in [2.75, 3.05) is 0 Å². The molecule has 0 aliphatic heterocycles. The van der Waals surface area contributed by atoms with Crippen molar-refractivity contribution >= 4 is 17.9 Å². The second-order valence-electron chi connectivity index (χ2n) is 9.15. The number of nitrogens with zero attached hydrogens (tertiary/aromatic N) is 1. The fraction of sp³-hybridized carbons (Fsp3) is 0.818. The average molecular weight is 423 g/mol. The van der Waals surface area contributed by atoms with E-state index in [1.807, 2.05) is 13.0 Å². The van der Waals surface area contributed by atoms with Gasteiger partial charge in [0, 0.05) is 0 Å². The molecule has 0 aromatic heterocycles. The Bertz CT molecular complexity index is 618. The summed E-state index contributed by atoms with van der Waals surface area (Å²) < 4.78 is 5.28. The lowest BCUT2D eigenvalue weighted by Crippen LogP contribution is -2.55. The van der Waals surface area contributed by atoms with Gasteiger partial charge in [0.25, 0.3) is 0 Å². The predicted molar refractivity (Wildman–Crippen MR) is 114 cm³/mol. The van der Waals surface area contributed by atoms with Crippen LogP contribution in [0.15, 0.2) is 0 Å². The van der Waals surface area contributed by atoms with Crippen LogP contribution in [-0.4, -0.2) is 41.6 Å². The molecule has 30 heavy (non-hydrogen) atoms. The second kappa shape index (κ2) is 12.4. The Morgan fingerprint density at radius 2 is 1.67 bits per heavy atom. The summed E-state index contributed by atoms with van der Waals surface area (Å²) in [6, 6.07) is -0.185. The number of hydrogen-bond donors (Lipinski definition) is 3. The second-order valence-corrected chi connectivity index (χ2v) is 9.15. The molecule has 2 unspecified atom stereocenters. The van der Waals surface area contributed by atoms with Crippen LogP contribution in [0, 0.1) is 17.2 Å². The van der Waals surface area contributed by atoms with E-state index in [4.69, 9.17) is 10.00 Å². The molecule has 1 rings (SSSR count). The van der Waals surface area contributed by atoms with Crippen LogP contribution in [0.25, 0.3) is 0 Å². The van der Waals surface area contributed by atoms with Gasteiger partial charge in [0.15, 0.2) is 0 Å². The van der Waals surface area contributed by atoms with E-state index >= 15 is 0 Å². The molecule has 0 heterocycles. The number of carbonyl (C=O) groups excluding carboxylic acids is 3. The maximum Gasteiger partial charge on any atom is 0.408 e. The summed E-state index contributed by atoms with van der Waals surface area (Å²) in [6.07, 6.45) is 6.25. The van der Waals surface area contributed by atoms with Gasteiger partial charge in [-0.1, -0.05) is 45.4 Å². The van der Waals surface area contributed by atoms with Gasteiger partial charge in [0.2, 0.25) is 11.8 Å². The topological polar surface area (TPSA) is 120 Å². The molecule has 0 bridgehead atoms. The lowest BCUT2D eigenvalue weighted by Gasteiger charge is -2.26. The monoisotopic (exact) mass is 422 g/mol. The van der Waals surface area contributed by atoms with Crippen LogP contribution in [0.4, 0.5) is 4.79 Å². The maximum atomic E-state index is 13.0. The van der Waals surface area contributed by atoms with Gasteiger partial charge in [-0.25, -0.2) is 4.79 Å². The van der Waals surface area contributed by atoms with Crippen molar-refractivity contribution < 1.29 is 19.1 Å². The third-order valence-electron chi connectivity index (χ3n) is 5.08. The van der Waals surface area contributed by atoms with E-state index in [2.05, 4.69) is 16.0 Å². The molecular formula is C22H38N4O4. The molecule has 3 atom stereocenters. The Morgan fingerprint density at radius 1 is 1.07 bits per heavy atom. The van der Waals surface area contributed by atoms with Crippen LogP contribution in [0.5, 0.6) is 0 Å². The van der Waals surface area contributed by atoms with E-state index in [0.29, 0.717) is 18.8 Å². The molecule has 0 saturated heterocycles. The van der Waals surface area contributed by atoms with E-state index in [0.717, 1.165) is 38.5 Å². The number of nitrogens with one attached hydrogen (secondary N) is 3. The van der Waals surface area contributed by atoms with Crippen molar-refractivity contribution in [1.29, 1.82) is 5.26 Å². The SMILES string of the molecule is CCCC[C@H](NC(=O)OC(C)(C)C)C(=O)NC(CC1CCCC1)C(=O)NC(C)C#N. The lowest BCUT2D eigenvalue weighted by molar-refractivity contribution is -0.130. The fourth-order valence-electron chi connectivity index (χ4n) is 3.56. The van der Waals surface area contributed by atoms with E-state index in [-0.39, 0.29) is 5.91 Å². The Kier molecular flexibility index (Phi) is 10.6. The standard InChI is InChI=1S/C22H38N4O4/c1-6-7-12-17(26-21(29)30-22(3,4)5)19(27)25-18(13-16-10-8-9-11-16)20(28)24-15(2)14-23/h15-18H,6-13H2,1-5H3,(H,24,28)(H,25,27)(H,26,29)/t15?,17-,18?/m0/s1. The molecule has 0 radical (unpaired) electrons. The number of hydrogen-bond acceptors (Lipinski definition) is 5. The summed E-state index contributed by atoms with van der Waals surface area (Å²) in [4.78, 5) is 37.9. The summed E-state index contributed by atoms with van der Waals surface area (Å²) in [5.41, 5.74) is -0.672. The van der Waals surface area contributed by atoms with Crippen LogP contribution >= 0.6 is 0 Å². The van der Waals surface area contributed by atoms with Gasteiger partial charge in [0.05, 0.1) is 6.07 Å². The van der Waals surface area contributed by atoms with E-state index < -0.39 is 35.7 Å². The zero-order valence-corrected chi connectivity index (χ0v) is 19.0. The van der Waals surface area contributed by atoms with Crippen molar-refractivity contribution in [2.24, 2.45) is 5.92 Å². The molecule has 170 valence electrons. The number of ether oxygens (including phenoxy) is 1. The Hall–Kier alpha value is -2.30. The zero-order chi connectivity index (χ0) is 22.7. The van der Waals surface area contributed by atoms with Crippen LogP contribution < -0.4 is 16.0 Å². The highest BCUT2D eigenvalue weighted by atomic mass is 16.6. The minimum absolute atomic E-state index is 0.365. The molecular weight excluding hydrogens is 384 g/mol. The Morgan fingerprint density at radius 3 is 2.20 bits per heavy atom. The molecule has 8 nitrogen and oxygen atoms in total. The largest absolute Gasteiger partial charge is 0.444 e. The predicted octanol–water partition coefficient (Wildman–Crippen LogP) is 3.16. The van der Waals surface area contributed by atoms with E-state index in [1.54, 1.807) is 27.7 Å². The number of amides is 3. The summed E-state index contributed by atoms with van der Waals surface area (Å²) in [5.74, 6) is -0.403. The van der Waals surface area contributed by atoms with Crippen LogP contribution in [0.1, 0.15) is 86.0 Å². The number of rotatable bonds is 10. The molecule has 0 aromatic rings. The normalized spacial score (nSPS) is 17.3. The molecule has 3 N–H and O–H groups in total. The quantitative estimate of drug-likeness (QED) is 0.499. The van der Waals surface area contributed by atoms with Gasteiger partial charge >= 0.3 is 6.09 Å². The average Bonchev–Trinajstić information content (AvgIpc) is 3.15. The number of carbonyl (C=O) groups is 3. The van der Waals surface area contributed by atoms with Crippen LogP contribution in [-0.2, 0) is 14.3 Å². The maximum absolute atomic E-state index is 13.0. The molecule has 1 aliphatic carbocycles. The van der Waals surface area contributed by atoms with Crippen molar-refractivity contribution in [3.8, 4) is 6.07 Å². The Balaban J connectivity index is 2.86. The molecule has 0 aromatic carbocycles. The number of alkyl carbamates (subject to hydrolysis) is 1. The Labute approximate surface area is 180 Å². The van der Waals surface area contributed by atoms with E-state index in [9.17, 15) is 14.4 Å². The zero-order valence-electron chi connectivity index (χ0n) is 19.0. The lowest BCUT2D eigenvalue weighted by atomic mass is 9.97. The summed E-state index contributed by atoms with van der Waals surface area (Å²) in [7, 11) is 0. The molecule has 1 saturated carbocycles. The molecule has 3 amide bonds. The van der Waals surface area contributed by atoms with Crippen molar-refractivity contribution in [2.45, 2.75) is 110 Å². The van der Waals surface area contributed by atoms with Crippen molar-refractivity contribution in [1.82, 2.24) is 16.0 Å². The minimum atomic E-state index is -0.785. The highest BCUT2D eigenvalue weighted by molar-refractivity contribution is 5.91. The molecule has 1 fully saturated rings. The van der Waals surface area contributed by atoms with Gasteiger partial charge in [-0.2, -0.15) is 5.26 Å². The van der Waals surface area contributed by atoms with E-state index in [1.165, 1.54) is 0 Å². The third-order valence-corrected chi connectivity index (χ3v) is 5.08.